The molecule has 0 aromatic heterocycles. The van der Waals surface area contributed by atoms with Crippen LogP contribution in [0.4, 0.5) is 0 Å². The Bertz CT molecular complexity index is 65.9. The van der Waals surface area contributed by atoms with Gasteiger partial charge in [0.1, 0.15) is 0 Å². The minimum absolute atomic E-state index is 0. The van der Waals surface area contributed by atoms with Gasteiger partial charge in [-0.05, 0) is 0 Å². The summed E-state index contributed by atoms with van der Waals surface area (Å²) < 4.78 is 9.33. The van der Waals surface area contributed by atoms with E-state index in [0.29, 0.717) is 0 Å². The Labute approximate surface area is 89.6 Å². The zero-order valence-electron chi connectivity index (χ0n) is 6.75. The molecule has 3 nitrogen and oxygen atoms in total. The molecule has 7 heavy (non-hydrogen) atoms. The van der Waals surface area contributed by atoms with Crippen LogP contribution in [0.25, 0.3) is 0 Å². The van der Waals surface area contributed by atoms with E-state index < -0.39 is 7.60 Å². The molecular formula is CH7Na2O3P. The molecule has 0 unspecified atom stereocenters. The molecule has 0 saturated heterocycles. The Balaban J connectivity index is -0.0000000133. The molecule has 0 rings (SSSR count). The van der Waals surface area contributed by atoms with Gasteiger partial charge in [0.15, 0.2) is 0 Å². The van der Waals surface area contributed by atoms with Crippen molar-refractivity contribution in [1.29, 1.82) is 0 Å². The van der Waals surface area contributed by atoms with Crippen LogP contribution in [0.1, 0.15) is 2.85 Å². The summed E-state index contributed by atoms with van der Waals surface area (Å²) in [6.07, 6.45) is 0. The Morgan fingerprint density at radius 1 is 1.43 bits per heavy atom. The van der Waals surface area contributed by atoms with Gasteiger partial charge in [-0.25, -0.2) is 0 Å². The van der Waals surface area contributed by atoms with Crippen molar-refractivity contribution in [3.05, 3.63) is 0 Å². The van der Waals surface area contributed by atoms with E-state index in [1.54, 1.807) is 0 Å². The molecule has 36 valence electrons. The molecule has 0 amide bonds. The third-order valence-corrected chi connectivity index (χ3v) is 0. The van der Waals surface area contributed by atoms with Crippen molar-refractivity contribution in [3.63, 3.8) is 0 Å². The average Bonchev–Trinajstić information content (AvgIpc) is 0.722. The van der Waals surface area contributed by atoms with Crippen molar-refractivity contribution < 1.29 is 76.3 Å². The fourth-order valence-corrected chi connectivity index (χ4v) is 0. The van der Waals surface area contributed by atoms with Gasteiger partial charge in [0.05, 0.1) is 0 Å². The molecule has 6 heteroatoms. The molecule has 0 heterocycles. The number of hydrogen-bond acceptors (Lipinski definition) is 1. The second-order valence-electron chi connectivity index (χ2n) is 0.835. The molecule has 0 aromatic carbocycles. The zero-order valence-corrected chi connectivity index (χ0v) is 9.64. The molecule has 0 aliphatic heterocycles. The van der Waals surface area contributed by atoms with E-state index in [1.807, 2.05) is 0 Å². The largest absolute Gasteiger partial charge is 1.00 e. The van der Waals surface area contributed by atoms with E-state index in [9.17, 15) is 4.57 Å². The fraction of sp³-hybridized carbons (Fsp3) is 1.00. The van der Waals surface area contributed by atoms with Gasteiger partial charge in [0.25, 0.3) is 0 Å². The first-order valence-electron chi connectivity index (χ1n) is 1.03. The van der Waals surface area contributed by atoms with Gasteiger partial charge >= 0.3 is 66.7 Å². The van der Waals surface area contributed by atoms with Crippen LogP contribution in [-0.2, 0) is 4.57 Å². The first kappa shape index (κ1) is 16.1. The van der Waals surface area contributed by atoms with Gasteiger partial charge in [-0.15, -0.1) is 0 Å². The first-order chi connectivity index (χ1) is 2.00. The minimum atomic E-state index is -3.64. The summed E-state index contributed by atoms with van der Waals surface area (Å²) in [5.74, 6) is 0. The molecule has 0 radical (unpaired) electrons. The van der Waals surface area contributed by atoms with Crippen LogP contribution in [0.5, 0.6) is 0 Å². The van der Waals surface area contributed by atoms with Crippen LogP contribution in [0, 0.1) is 0 Å². The predicted molar refractivity (Wildman–Crippen MR) is 20.2 cm³/mol. The summed E-state index contributed by atoms with van der Waals surface area (Å²) in [6, 6.07) is 0. The second kappa shape index (κ2) is 6.27. The third kappa shape index (κ3) is 66.7. The molecule has 0 atom stereocenters. The van der Waals surface area contributed by atoms with Crippen LogP contribution < -0.4 is 59.1 Å². The van der Waals surface area contributed by atoms with Crippen molar-refractivity contribution in [3.8, 4) is 0 Å². The van der Waals surface area contributed by atoms with Crippen LogP contribution in [0.15, 0.2) is 0 Å². The summed E-state index contributed by atoms with van der Waals surface area (Å²) in [5.41, 5.74) is 0. The van der Waals surface area contributed by atoms with E-state index in [4.69, 9.17) is 9.79 Å². The monoisotopic (exact) mass is 144 g/mol. The Morgan fingerprint density at radius 3 is 1.43 bits per heavy atom. The van der Waals surface area contributed by atoms with E-state index in [0.717, 1.165) is 6.66 Å². The molecule has 2 N–H and O–H groups in total. The molecule has 0 aliphatic rings. The topological polar surface area (TPSA) is 57.5 Å². The number of rotatable bonds is 0. The van der Waals surface area contributed by atoms with Crippen LogP contribution in [-0.4, -0.2) is 16.5 Å². The van der Waals surface area contributed by atoms with Gasteiger partial charge in [-0.1, -0.05) is 0 Å². The predicted octanol–water partition coefficient (Wildman–Crippen LogP) is -5.97. The van der Waals surface area contributed by atoms with Gasteiger partial charge in [0, 0.05) is 6.66 Å². The van der Waals surface area contributed by atoms with Crippen molar-refractivity contribution >= 4 is 7.60 Å². The average molecular weight is 144 g/mol. The van der Waals surface area contributed by atoms with Crippen molar-refractivity contribution in [1.82, 2.24) is 0 Å². The summed E-state index contributed by atoms with van der Waals surface area (Å²) in [6.45, 7) is 0.854. The van der Waals surface area contributed by atoms with Crippen LogP contribution in [0.2, 0.25) is 0 Å². The van der Waals surface area contributed by atoms with E-state index in [2.05, 4.69) is 0 Å². The van der Waals surface area contributed by atoms with Crippen LogP contribution >= 0.6 is 7.60 Å². The molecule has 0 fully saturated rings. The SMILES string of the molecule is CP(=O)(O)O.[H-].[H-].[Na+].[Na+]. The van der Waals surface area contributed by atoms with Crippen LogP contribution in [0.3, 0.4) is 0 Å². The summed E-state index contributed by atoms with van der Waals surface area (Å²) >= 11 is 0. The maximum absolute atomic E-state index is 9.33. The normalized spacial score (nSPS) is 8.43. The summed E-state index contributed by atoms with van der Waals surface area (Å²) in [7, 11) is -3.64. The first-order valence-corrected chi connectivity index (χ1v) is 3.09. The summed E-state index contributed by atoms with van der Waals surface area (Å²) in [5, 5.41) is 0. The van der Waals surface area contributed by atoms with Gasteiger partial charge in [-0.3, -0.25) is 4.57 Å². The Hall–Kier alpha value is 2.15. The van der Waals surface area contributed by atoms with E-state index >= 15 is 0 Å². The van der Waals surface area contributed by atoms with Gasteiger partial charge in [-0.2, -0.15) is 0 Å². The fourth-order valence-electron chi connectivity index (χ4n) is 0. The molecule has 0 aliphatic carbocycles. The standard InChI is InChI=1S/CH5O3P.2Na.2H/c1-5(2,3)4;;;;/h1H3,(H2,2,3,4);;;;/q;2*+1;2*-1. The number of hydrogen-bond donors (Lipinski definition) is 2. The third-order valence-electron chi connectivity index (χ3n) is 0. The Morgan fingerprint density at radius 2 is 1.43 bits per heavy atom. The van der Waals surface area contributed by atoms with E-state index in [1.165, 1.54) is 0 Å². The van der Waals surface area contributed by atoms with Gasteiger partial charge < -0.3 is 12.6 Å². The minimum Gasteiger partial charge on any atom is -1.00 e. The van der Waals surface area contributed by atoms with Crippen molar-refractivity contribution in [2.45, 2.75) is 0 Å². The molecule has 0 aromatic rings. The molecule has 0 bridgehead atoms. The molecular weight excluding hydrogens is 137 g/mol. The molecule has 0 spiro atoms. The zero-order chi connectivity index (χ0) is 4.50. The maximum Gasteiger partial charge on any atom is 1.00 e. The quantitative estimate of drug-likeness (QED) is 0.263. The smallest absolute Gasteiger partial charge is 1.00 e. The second-order valence-corrected chi connectivity index (χ2v) is 2.51. The van der Waals surface area contributed by atoms with Gasteiger partial charge in [0.2, 0.25) is 0 Å². The van der Waals surface area contributed by atoms with E-state index in [-0.39, 0.29) is 62.0 Å². The maximum atomic E-state index is 9.33. The molecule has 0 saturated carbocycles. The Kier molecular flexibility index (Phi) is 14.4. The van der Waals surface area contributed by atoms with Crippen molar-refractivity contribution in [2.75, 3.05) is 6.66 Å². The van der Waals surface area contributed by atoms with Crippen molar-refractivity contribution in [2.24, 2.45) is 0 Å². The summed E-state index contributed by atoms with van der Waals surface area (Å²) in [4.78, 5) is 15.3.